The lowest BCUT2D eigenvalue weighted by molar-refractivity contribution is -0.143. The molecule has 0 unspecified atom stereocenters. The fourth-order valence-corrected chi connectivity index (χ4v) is 10.8. The number of nitrogens with two attached hydrogens (primary N) is 5. The number of esters is 2. The molecule has 0 aliphatic heterocycles. The topological polar surface area (TPSA) is 615 Å². The third kappa shape index (κ3) is 69.9. The molecule has 9 rings (SSSR count). The summed E-state index contributed by atoms with van der Waals surface area (Å²) in [6.07, 6.45) is 24.7. The number of benzene rings is 5. The van der Waals surface area contributed by atoms with E-state index in [-0.39, 0.29) is 156 Å². The van der Waals surface area contributed by atoms with Gasteiger partial charge in [0.2, 0.25) is 11.9 Å². The summed E-state index contributed by atoms with van der Waals surface area (Å²) < 4.78 is 45.4. The zero-order valence-electron chi connectivity index (χ0n) is 80.9. The van der Waals surface area contributed by atoms with Crippen LogP contribution in [0.25, 0.3) is 0 Å². The van der Waals surface area contributed by atoms with Crippen molar-refractivity contribution in [3.63, 3.8) is 0 Å². The maximum absolute atomic E-state index is 11.6. The Balaban J connectivity index is -0.00000156. The monoisotopic (exact) mass is 2230 g/mol. The van der Waals surface area contributed by atoms with Gasteiger partial charge in [-0.2, -0.15) is 0 Å². The van der Waals surface area contributed by atoms with Crippen molar-refractivity contribution in [2.75, 3.05) is 113 Å². The maximum atomic E-state index is 11.6. The molecule has 22 N–H and O–H groups in total. The summed E-state index contributed by atoms with van der Waals surface area (Å²) in [6, 6.07) is 37.7. The number of aliphatic carboxylic acids is 1. The minimum Gasteiger partial charge on any atom is -0.508 e. The van der Waals surface area contributed by atoms with Crippen LogP contribution in [0.15, 0.2) is 159 Å². The average Bonchev–Trinajstić information content (AvgIpc) is 1.55. The number of imidazole rings is 3. The fraction of sp³-hybridized carbons (Fsp3) is 0.430. The van der Waals surface area contributed by atoms with E-state index in [1.165, 1.54) is 36.5 Å². The molecule has 0 aliphatic rings. The number of nitrogens with one attached hydrogen (secondary N) is 10. The minimum absolute atomic E-state index is 0. The van der Waals surface area contributed by atoms with Gasteiger partial charge in [-0.05, 0) is 266 Å². The third-order valence-corrected chi connectivity index (χ3v) is 18.0. The standard InChI is InChI=1S/C18H27NO5.C17H25NO5.2C15H20N4O2.C15H23NO3.C7H9ClN6OS.C3H5BrO2.C3H5N3.3ClH.HI/c1-18(2,3)24-17(21)19-12-6-5-7-14-8-10-15(11-9-14)23-13-16(20)22-4;1-17(2,3)23-16(21)18-11-5-4-6-13-7-9-14(10-8-13)22-12-15(19)20;2*16-8-2-1-3-12-4-6-13(7-5-12)21-11-14(20)19-15-17-9-10-18-15;1-15(2,3)19-14(18)16-11-5-4-6-12-7-9-13(17)10-8-12;1-16-7(11)14-6(15)2-4(9)13-5(10)3(8)12-2;1-6-3(5)2-4;4-3-5-1-2-6-3;;;;/h8-11H,5-7,12-13H2,1-4H3,(H,19,21);7-10H,4-6,11-12H2,1-3H3,(H,18,21)(H,19,20);2*4-7,9-10H,1-3,8,11,16H2,(H2,17,18,19,20);7-10,17H,4-6,11H2,1-3H3,(H,16,18);1H3,(H4,9,10,13)(H2,11,14,15);2H2,1H3;1-2H,(H3,4,5,6);4*1H. The number of hydrogen-bond donors (Lipinski definition) is 17. The number of carboxylic acid groups (broad SMARTS) is 1. The van der Waals surface area contributed by atoms with E-state index in [1.54, 1.807) is 67.7 Å². The molecule has 0 bridgehead atoms. The molecule has 0 saturated carbocycles. The Morgan fingerprint density at radius 2 is 0.779 bits per heavy atom. The molecule has 0 aliphatic carbocycles. The van der Waals surface area contributed by atoms with Crippen LogP contribution >= 0.6 is 100 Å². The van der Waals surface area contributed by atoms with Gasteiger partial charge in [0.1, 0.15) is 50.9 Å². The van der Waals surface area contributed by atoms with E-state index < -0.39 is 40.7 Å². The lowest BCUT2D eigenvalue weighted by atomic mass is 10.1. The van der Waals surface area contributed by atoms with Gasteiger partial charge in [0.25, 0.3) is 17.7 Å². The second-order valence-electron chi connectivity index (χ2n) is 31.8. The van der Waals surface area contributed by atoms with Gasteiger partial charge in [0, 0.05) is 56.8 Å². The van der Waals surface area contributed by atoms with Crippen LogP contribution in [-0.2, 0) is 79.8 Å². The number of alkyl carbamates (subject to hydrolysis) is 3. The highest BCUT2D eigenvalue weighted by atomic mass is 127. The first-order valence-electron chi connectivity index (χ1n) is 43.4. The lowest BCUT2D eigenvalue weighted by Gasteiger charge is -2.19. The minimum atomic E-state index is -0.994. The van der Waals surface area contributed by atoms with Gasteiger partial charge in [-0.3, -0.25) is 35.2 Å². The number of nitrogens with zero attached hydrogens (tertiary/aromatic N) is 5. The molecule has 0 atom stereocenters. The first kappa shape index (κ1) is 132. The summed E-state index contributed by atoms with van der Waals surface area (Å²) in [5.41, 5.74) is 31.3. The van der Waals surface area contributed by atoms with Crippen LogP contribution in [0.4, 0.5) is 43.9 Å². The Kier molecular flexibility index (Phi) is 72.7. The predicted octanol–water partition coefficient (Wildman–Crippen LogP) is 15.5. The number of ether oxygens (including phenoxy) is 9. The highest BCUT2D eigenvalue weighted by Crippen LogP contribution is 2.22. The summed E-state index contributed by atoms with van der Waals surface area (Å²) in [5.74, 6) is 1.14. The second-order valence-corrected chi connectivity index (χ2v) is 33.5. The number of thioether (sulfide) groups is 1. The van der Waals surface area contributed by atoms with Crippen molar-refractivity contribution in [2.45, 2.75) is 175 Å². The molecular weight excluding hydrogens is 2100 g/mol. The number of phenols is 1. The number of hydrogen-bond acceptors (Lipinski definition) is 31. The molecule has 5 aromatic carbocycles. The van der Waals surface area contributed by atoms with Gasteiger partial charge in [-0.25, -0.2) is 48.9 Å². The van der Waals surface area contributed by atoms with Crippen LogP contribution in [0, 0.1) is 5.41 Å². The molecule has 0 saturated heterocycles. The molecule has 0 spiro atoms. The number of unbranched alkanes of at least 4 members (excludes halogenated alkanes) is 5. The Hall–Kier alpha value is -11.9. The van der Waals surface area contributed by atoms with E-state index >= 15 is 0 Å². The van der Waals surface area contributed by atoms with E-state index in [1.807, 2.05) is 159 Å². The number of alkyl halides is 1. The van der Waals surface area contributed by atoms with Crippen molar-refractivity contribution >= 4 is 189 Å². The number of carbonyl (C=O) groups is 9. The van der Waals surface area contributed by atoms with Crippen LogP contribution in [0.3, 0.4) is 0 Å². The van der Waals surface area contributed by atoms with E-state index in [4.69, 9.17) is 89.0 Å². The number of aromatic nitrogens is 8. The normalized spacial score (nSPS) is 10.1. The van der Waals surface area contributed by atoms with Gasteiger partial charge in [-0.1, -0.05) is 100.0 Å². The Morgan fingerprint density at radius 3 is 1.05 bits per heavy atom. The molecular formula is C93H138BrCl4IN20O20S. The Labute approximate surface area is 871 Å². The smallest absolute Gasteiger partial charge is 0.407 e. The van der Waals surface area contributed by atoms with Gasteiger partial charge in [0.05, 0.1) is 14.2 Å². The van der Waals surface area contributed by atoms with Crippen molar-refractivity contribution < 1.29 is 96.0 Å². The van der Waals surface area contributed by atoms with Crippen molar-refractivity contribution in [3.05, 3.63) is 197 Å². The Morgan fingerprint density at radius 1 is 0.457 bits per heavy atom. The number of amides is 6. The summed E-state index contributed by atoms with van der Waals surface area (Å²) >= 11 is 9.57. The SMILES string of the molecule is CC(C)(C)OC(=O)NCCCCc1ccc(O)cc1.CC(C)(C)OC(=O)NCCCCc1ccc(OCC(=O)O)cc1.COC(=O)CBr.COC(=O)COc1ccc(CCCCNC(=O)OC(C)(C)C)cc1.CSC(=N)NC(=O)c1nc(Cl)c(N)nc1N.Cl.Cl.Cl.I.NCCCCc1ccc(OCC(=O)Nc2ncc[nH]2)cc1.NCCCCc1ccc(OCC(=O)Nc2ncc[nH]2)cc1.Nc1ncc[nH]1. The molecule has 4 heterocycles. The van der Waals surface area contributed by atoms with E-state index in [9.17, 15) is 43.2 Å². The van der Waals surface area contributed by atoms with Gasteiger partial charge >= 0.3 is 36.2 Å². The number of aromatic amines is 3. The molecule has 47 heteroatoms. The zero-order chi connectivity index (χ0) is 101. The van der Waals surface area contributed by atoms with Crippen molar-refractivity contribution in [3.8, 4) is 28.7 Å². The molecule has 0 fully saturated rings. The molecule has 4 aromatic heterocycles. The fourth-order valence-electron chi connectivity index (χ4n) is 10.3. The van der Waals surface area contributed by atoms with E-state index in [0.29, 0.717) is 60.5 Å². The molecule has 0 radical (unpaired) electrons. The number of amidine groups is 1. The number of methoxy groups -OCH3 is 2. The molecule has 778 valence electrons. The summed E-state index contributed by atoms with van der Waals surface area (Å²) in [7, 11) is 2.68. The number of aromatic hydroxyl groups is 1. The molecule has 6 amide bonds. The largest absolute Gasteiger partial charge is 0.508 e. The quantitative estimate of drug-likeness (QED) is 0.00323. The van der Waals surface area contributed by atoms with Gasteiger partial charge in [-0.15, -0.1) is 61.2 Å². The number of nitrogen functional groups attached to an aromatic ring is 3. The Bertz CT molecular complexity index is 4780. The summed E-state index contributed by atoms with van der Waals surface area (Å²) in [5, 5.41) is 40.8. The molecule has 40 nitrogen and oxygen atoms in total. The summed E-state index contributed by atoms with van der Waals surface area (Å²) in [4.78, 5) is 127. The van der Waals surface area contributed by atoms with Crippen LogP contribution < -0.4 is 79.5 Å². The summed E-state index contributed by atoms with van der Waals surface area (Å²) in [6.45, 7) is 19.3. The third-order valence-electron chi connectivity index (χ3n) is 16.8. The molecule has 9 aromatic rings. The second kappa shape index (κ2) is 77.0. The number of H-pyrrole nitrogens is 3. The molecule has 140 heavy (non-hydrogen) atoms. The number of carbonyl (C=O) groups excluding carboxylic acids is 8. The van der Waals surface area contributed by atoms with Gasteiger partial charge < -0.3 is 118 Å². The van der Waals surface area contributed by atoms with Crippen LogP contribution in [0.5, 0.6) is 28.7 Å². The predicted molar refractivity (Wildman–Crippen MR) is 566 cm³/mol. The van der Waals surface area contributed by atoms with E-state index in [2.05, 4.69) is 97.2 Å². The highest BCUT2D eigenvalue weighted by molar-refractivity contribution is 14.0. The first-order valence-corrected chi connectivity index (χ1v) is 46.1. The van der Waals surface area contributed by atoms with E-state index in [0.717, 1.165) is 127 Å². The number of aryl methyl sites for hydroxylation is 5. The first-order chi connectivity index (χ1) is 64.6. The van der Waals surface area contributed by atoms with Crippen LogP contribution in [0.1, 0.15) is 165 Å². The van der Waals surface area contributed by atoms with Crippen LogP contribution in [0.2, 0.25) is 5.15 Å². The number of halogens is 6. The van der Waals surface area contributed by atoms with Crippen molar-refractivity contribution in [1.29, 1.82) is 5.41 Å². The number of anilines is 5. The number of carboxylic acids is 1. The highest BCUT2D eigenvalue weighted by Gasteiger charge is 2.20. The lowest BCUT2D eigenvalue weighted by Crippen LogP contribution is -2.33. The van der Waals surface area contributed by atoms with Crippen molar-refractivity contribution in [1.82, 2.24) is 61.1 Å². The van der Waals surface area contributed by atoms with Gasteiger partial charge in [0.15, 0.2) is 60.0 Å². The van der Waals surface area contributed by atoms with Crippen molar-refractivity contribution in [2.24, 2.45) is 11.5 Å². The number of phenolic OH excluding ortho intramolecular Hbond substituents is 1. The zero-order valence-corrected chi connectivity index (χ0v) is 88.8. The van der Waals surface area contributed by atoms with Crippen LogP contribution in [-0.4, -0.2) is 211 Å². The average molecular weight is 2240 g/mol. The maximum Gasteiger partial charge on any atom is 0.407 e. The number of rotatable bonds is 39.